The zero-order valence-corrected chi connectivity index (χ0v) is 17.2. The Labute approximate surface area is 182 Å². The zero-order chi connectivity index (χ0) is 23.3. The highest BCUT2D eigenvalue weighted by atomic mass is 19.1. The summed E-state index contributed by atoms with van der Waals surface area (Å²) in [6, 6.07) is 11.5. The molecule has 164 valence electrons. The largest absolute Gasteiger partial charge is 0.452 e. The van der Waals surface area contributed by atoms with Gasteiger partial charge in [-0.3, -0.25) is 14.9 Å². The molecule has 1 aromatic heterocycles. The summed E-state index contributed by atoms with van der Waals surface area (Å²) in [6.45, 7) is 2.95. The summed E-state index contributed by atoms with van der Waals surface area (Å²) < 4.78 is 19.7. The third-order valence-corrected chi connectivity index (χ3v) is 4.52. The van der Waals surface area contributed by atoms with Gasteiger partial charge in [-0.25, -0.2) is 13.9 Å². The maximum Gasteiger partial charge on any atom is 0.331 e. The zero-order valence-electron chi connectivity index (χ0n) is 17.2. The number of nitrogens with zero attached hydrogens (tertiary/aromatic N) is 3. The Morgan fingerprint density at radius 2 is 1.88 bits per heavy atom. The molecular weight excluding hydrogens is 419 g/mol. The van der Waals surface area contributed by atoms with E-state index in [1.165, 1.54) is 42.5 Å². The average molecular weight is 438 g/mol. The van der Waals surface area contributed by atoms with E-state index in [2.05, 4.69) is 10.4 Å². The number of nitro groups is 1. The molecule has 10 heteroatoms. The van der Waals surface area contributed by atoms with Crippen LogP contribution in [0.25, 0.3) is 11.8 Å². The van der Waals surface area contributed by atoms with Gasteiger partial charge in [-0.05, 0) is 50.3 Å². The Balaban J connectivity index is 1.62. The standard InChI is InChI=1S/C22H19FN4O5/c1-14-18(15(2)26(25-14)17-9-7-16(23)8-10-17)11-12-22(29)32-13-21(28)24-19-5-3-4-6-20(19)27(30)31/h3-12H,13H2,1-2H3,(H,24,28)/b12-11+. The Kier molecular flexibility index (Phi) is 6.74. The van der Waals surface area contributed by atoms with E-state index in [4.69, 9.17) is 4.74 Å². The molecule has 0 spiro atoms. The lowest BCUT2D eigenvalue weighted by molar-refractivity contribution is -0.383. The van der Waals surface area contributed by atoms with Gasteiger partial charge in [0.2, 0.25) is 0 Å². The number of amides is 1. The van der Waals surface area contributed by atoms with Gasteiger partial charge in [0.05, 0.1) is 16.3 Å². The van der Waals surface area contributed by atoms with Crippen molar-refractivity contribution in [3.8, 4) is 5.69 Å². The van der Waals surface area contributed by atoms with Crippen molar-refractivity contribution in [2.45, 2.75) is 13.8 Å². The van der Waals surface area contributed by atoms with Crippen molar-refractivity contribution in [1.29, 1.82) is 0 Å². The number of rotatable bonds is 7. The predicted octanol–water partition coefficient (Wildman–Crippen LogP) is 3.73. The minimum Gasteiger partial charge on any atom is -0.452 e. The summed E-state index contributed by atoms with van der Waals surface area (Å²) in [5.41, 5.74) is 2.46. The Hall–Kier alpha value is -4.34. The number of nitrogens with one attached hydrogen (secondary N) is 1. The summed E-state index contributed by atoms with van der Waals surface area (Å²) in [6.07, 6.45) is 2.67. The molecule has 0 radical (unpaired) electrons. The summed E-state index contributed by atoms with van der Waals surface area (Å²) in [5.74, 6) is -1.84. The Morgan fingerprint density at radius 3 is 2.56 bits per heavy atom. The van der Waals surface area contributed by atoms with Crippen molar-refractivity contribution < 1.29 is 23.6 Å². The number of ether oxygens (including phenoxy) is 1. The number of nitro benzene ring substituents is 1. The molecule has 0 aliphatic heterocycles. The van der Waals surface area contributed by atoms with E-state index in [-0.39, 0.29) is 17.2 Å². The maximum absolute atomic E-state index is 13.2. The van der Waals surface area contributed by atoms with Crippen LogP contribution in [0.15, 0.2) is 54.6 Å². The number of esters is 1. The molecule has 0 aliphatic carbocycles. The second-order valence-electron chi connectivity index (χ2n) is 6.74. The number of anilines is 1. The summed E-state index contributed by atoms with van der Waals surface area (Å²) >= 11 is 0. The maximum atomic E-state index is 13.2. The van der Waals surface area contributed by atoms with E-state index >= 15 is 0 Å². The van der Waals surface area contributed by atoms with Crippen LogP contribution in [0.3, 0.4) is 0 Å². The van der Waals surface area contributed by atoms with E-state index in [0.29, 0.717) is 16.9 Å². The molecule has 3 aromatic rings. The molecule has 3 rings (SSSR count). The fourth-order valence-electron chi connectivity index (χ4n) is 2.99. The van der Waals surface area contributed by atoms with Gasteiger partial charge in [0.15, 0.2) is 6.61 Å². The molecule has 0 unspecified atom stereocenters. The van der Waals surface area contributed by atoms with Crippen LogP contribution in [-0.2, 0) is 14.3 Å². The van der Waals surface area contributed by atoms with Crippen molar-refractivity contribution in [3.63, 3.8) is 0 Å². The van der Waals surface area contributed by atoms with Crippen LogP contribution >= 0.6 is 0 Å². The van der Waals surface area contributed by atoms with Gasteiger partial charge in [-0.15, -0.1) is 0 Å². The normalized spacial score (nSPS) is 10.8. The van der Waals surface area contributed by atoms with Crippen LogP contribution in [0.1, 0.15) is 17.0 Å². The van der Waals surface area contributed by atoms with Gasteiger partial charge in [0.25, 0.3) is 11.6 Å². The lowest BCUT2D eigenvalue weighted by Gasteiger charge is -2.06. The molecule has 0 fully saturated rings. The second kappa shape index (κ2) is 9.65. The van der Waals surface area contributed by atoms with Crippen LogP contribution in [0.4, 0.5) is 15.8 Å². The minimum absolute atomic E-state index is 0.00791. The lowest BCUT2D eigenvalue weighted by atomic mass is 10.2. The SMILES string of the molecule is Cc1nn(-c2ccc(F)cc2)c(C)c1/C=C/C(=O)OCC(=O)Nc1ccccc1[N+](=O)[O-]. The molecule has 0 bridgehead atoms. The first kappa shape index (κ1) is 22.3. The third kappa shape index (κ3) is 5.22. The van der Waals surface area contributed by atoms with Gasteiger partial charge in [0.1, 0.15) is 11.5 Å². The molecule has 0 aliphatic rings. The van der Waals surface area contributed by atoms with Gasteiger partial charge < -0.3 is 10.1 Å². The van der Waals surface area contributed by atoms with Crippen molar-refractivity contribution >= 4 is 29.3 Å². The Morgan fingerprint density at radius 1 is 1.19 bits per heavy atom. The first-order valence-corrected chi connectivity index (χ1v) is 9.46. The van der Waals surface area contributed by atoms with Crippen LogP contribution in [0, 0.1) is 29.8 Å². The first-order chi connectivity index (χ1) is 15.3. The van der Waals surface area contributed by atoms with Crippen molar-refractivity contribution in [3.05, 3.63) is 87.5 Å². The van der Waals surface area contributed by atoms with Crippen molar-refractivity contribution in [2.24, 2.45) is 0 Å². The molecular formula is C22H19FN4O5. The number of hydrogen-bond donors (Lipinski definition) is 1. The summed E-state index contributed by atoms with van der Waals surface area (Å²) in [7, 11) is 0. The van der Waals surface area contributed by atoms with Gasteiger partial charge in [-0.1, -0.05) is 12.1 Å². The summed E-state index contributed by atoms with van der Waals surface area (Å²) in [5, 5.41) is 17.7. The highest BCUT2D eigenvalue weighted by Crippen LogP contribution is 2.23. The van der Waals surface area contributed by atoms with E-state index in [1.54, 1.807) is 30.7 Å². The van der Waals surface area contributed by atoms with E-state index in [9.17, 15) is 24.1 Å². The fourth-order valence-corrected chi connectivity index (χ4v) is 2.99. The quantitative estimate of drug-likeness (QED) is 0.260. The van der Waals surface area contributed by atoms with Crippen molar-refractivity contribution in [1.82, 2.24) is 9.78 Å². The van der Waals surface area contributed by atoms with Gasteiger partial charge in [-0.2, -0.15) is 5.10 Å². The molecule has 2 aromatic carbocycles. The topological polar surface area (TPSA) is 116 Å². The number of aromatic nitrogens is 2. The van der Waals surface area contributed by atoms with E-state index in [1.807, 2.05) is 0 Å². The van der Waals surface area contributed by atoms with Crippen LogP contribution in [-0.4, -0.2) is 33.2 Å². The molecule has 1 N–H and O–H groups in total. The minimum atomic E-state index is -0.768. The predicted molar refractivity (Wildman–Crippen MR) is 115 cm³/mol. The average Bonchev–Trinajstić information content (AvgIpc) is 3.05. The van der Waals surface area contributed by atoms with E-state index in [0.717, 1.165) is 11.8 Å². The molecule has 1 amide bonds. The summed E-state index contributed by atoms with van der Waals surface area (Å²) in [4.78, 5) is 34.4. The lowest BCUT2D eigenvalue weighted by Crippen LogP contribution is -2.20. The molecule has 0 saturated carbocycles. The number of carbonyl (C=O) groups excluding carboxylic acids is 2. The number of halogens is 1. The molecule has 0 saturated heterocycles. The van der Waals surface area contributed by atoms with Crippen molar-refractivity contribution in [2.75, 3.05) is 11.9 Å². The van der Waals surface area contributed by atoms with Crippen LogP contribution < -0.4 is 5.32 Å². The molecule has 0 atom stereocenters. The number of aryl methyl sites for hydroxylation is 1. The number of carbonyl (C=O) groups is 2. The highest BCUT2D eigenvalue weighted by molar-refractivity contribution is 5.96. The van der Waals surface area contributed by atoms with E-state index < -0.39 is 23.4 Å². The Bertz CT molecular complexity index is 1200. The number of hydrogen-bond acceptors (Lipinski definition) is 6. The molecule has 32 heavy (non-hydrogen) atoms. The first-order valence-electron chi connectivity index (χ1n) is 9.46. The van der Waals surface area contributed by atoms with Crippen LogP contribution in [0.2, 0.25) is 0 Å². The number of benzene rings is 2. The number of para-hydroxylation sites is 2. The van der Waals surface area contributed by atoms with Gasteiger partial charge >= 0.3 is 5.97 Å². The second-order valence-corrected chi connectivity index (χ2v) is 6.74. The fraction of sp³-hybridized carbons (Fsp3) is 0.136. The van der Waals surface area contributed by atoms with Crippen LogP contribution in [0.5, 0.6) is 0 Å². The third-order valence-electron chi connectivity index (χ3n) is 4.52. The molecule has 9 nitrogen and oxygen atoms in total. The smallest absolute Gasteiger partial charge is 0.331 e. The monoisotopic (exact) mass is 438 g/mol. The van der Waals surface area contributed by atoms with Gasteiger partial charge in [0, 0.05) is 23.4 Å². The highest BCUT2D eigenvalue weighted by Gasteiger charge is 2.16. The molecule has 1 heterocycles.